The van der Waals surface area contributed by atoms with E-state index in [1.54, 1.807) is 5.32 Å². The van der Waals surface area contributed by atoms with Gasteiger partial charge >= 0.3 is 6.18 Å². The highest BCUT2D eigenvalue weighted by Gasteiger charge is 2.38. The van der Waals surface area contributed by atoms with Gasteiger partial charge in [0.1, 0.15) is 6.04 Å². The fourth-order valence-corrected chi connectivity index (χ4v) is 1.30. The lowest BCUT2D eigenvalue weighted by Crippen LogP contribution is -2.42. The third kappa shape index (κ3) is 2.75. The van der Waals surface area contributed by atoms with Gasteiger partial charge in [-0.3, -0.25) is 14.9 Å². The van der Waals surface area contributed by atoms with Crippen LogP contribution in [0.2, 0.25) is 0 Å². The minimum Gasteiger partial charge on any atom is -0.375 e. The summed E-state index contributed by atoms with van der Waals surface area (Å²) in [6, 6.07) is -1.27. The molecule has 0 spiro atoms. The molecule has 1 unspecified atom stereocenters. The number of dihydropyridines is 1. The second-order valence-electron chi connectivity index (χ2n) is 2.84. The summed E-state index contributed by atoms with van der Waals surface area (Å²) in [5.74, 6) is -0.892. The Labute approximate surface area is 93.1 Å². The van der Waals surface area contributed by atoms with Crippen molar-refractivity contribution in [1.82, 2.24) is 10.6 Å². The maximum atomic E-state index is 12.4. The Morgan fingerprint density at radius 3 is 2.69 bits per heavy atom. The third-order valence-electron chi connectivity index (χ3n) is 1.77. The Morgan fingerprint density at radius 1 is 1.56 bits per heavy atom. The number of hydrogen-bond donors (Lipinski definition) is 2. The molecule has 4 nitrogen and oxygen atoms in total. The summed E-state index contributed by atoms with van der Waals surface area (Å²) < 4.78 is 37.2. The third-order valence-corrected chi connectivity index (χ3v) is 2.08. The van der Waals surface area contributed by atoms with Crippen molar-refractivity contribution in [2.45, 2.75) is 12.2 Å². The molecule has 88 valence electrons. The van der Waals surface area contributed by atoms with Gasteiger partial charge < -0.3 is 5.32 Å². The highest BCUT2D eigenvalue weighted by molar-refractivity contribution is 6.32. The topological polar surface area (TPSA) is 58.2 Å². The van der Waals surface area contributed by atoms with E-state index in [1.165, 1.54) is 0 Å². The summed E-state index contributed by atoms with van der Waals surface area (Å²) in [5, 5.41) is 3.51. The van der Waals surface area contributed by atoms with Gasteiger partial charge in [-0.05, 0) is 6.08 Å². The van der Waals surface area contributed by atoms with Crippen LogP contribution in [0.1, 0.15) is 0 Å². The Balaban J connectivity index is 2.93. The van der Waals surface area contributed by atoms with Gasteiger partial charge in [-0.2, -0.15) is 13.2 Å². The summed E-state index contributed by atoms with van der Waals surface area (Å²) in [6.07, 6.45) is -3.08. The van der Waals surface area contributed by atoms with Crippen LogP contribution in [0, 0.1) is 0 Å². The first-order valence-corrected chi connectivity index (χ1v) is 4.39. The van der Waals surface area contributed by atoms with Crippen LogP contribution < -0.4 is 10.6 Å². The van der Waals surface area contributed by atoms with E-state index in [-0.39, 0.29) is 6.41 Å². The maximum absolute atomic E-state index is 12.4. The van der Waals surface area contributed by atoms with Crippen molar-refractivity contribution in [1.29, 1.82) is 0 Å². The standard InChI is InChI=1S/C8H6ClF3N2O2/c9-5-2-13-6(7(16)14-3-15)1-4(5)8(10,11)12/h1-3,6,13H,(H,14,15,16). The zero-order valence-electron chi connectivity index (χ0n) is 7.64. The van der Waals surface area contributed by atoms with Crippen molar-refractivity contribution < 1.29 is 22.8 Å². The number of hydrogen-bond acceptors (Lipinski definition) is 3. The van der Waals surface area contributed by atoms with E-state index in [4.69, 9.17) is 11.6 Å². The summed E-state index contributed by atoms with van der Waals surface area (Å²) in [6.45, 7) is 0. The van der Waals surface area contributed by atoms with Crippen molar-refractivity contribution >= 4 is 23.9 Å². The lowest BCUT2D eigenvalue weighted by atomic mass is 10.1. The number of carbonyl (C=O) groups excluding carboxylic acids is 2. The quantitative estimate of drug-likeness (QED) is 0.717. The number of carbonyl (C=O) groups is 2. The molecule has 0 saturated heterocycles. The number of allylic oxidation sites excluding steroid dienone is 2. The van der Waals surface area contributed by atoms with Crippen molar-refractivity contribution in [3.8, 4) is 0 Å². The Hall–Kier alpha value is -1.50. The molecule has 1 aliphatic heterocycles. The molecule has 1 heterocycles. The smallest absolute Gasteiger partial charge is 0.375 e. The van der Waals surface area contributed by atoms with E-state index in [2.05, 4.69) is 5.32 Å². The molecular formula is C8H6ClF3N2O2. The molecule has 8 heteroatoms. The van der Waals surface area contributed by atoms with E-state index < -0.39 is 28.7 Å². The summed E-state index contributed by atoms with van der Waals surface area (Å²) >= 11 is 5.32. The molecule has 0 fully saturated rings. The predicted octanol–water partition coefficient (Wildman–Crippen LogP) is 0.800. The van der Waals surface area contributed by atoms with Crippen LogP contribution in [-0.2, 0) is 9.59 Å². The minimum absolute atomic E-state index is 0.0883. The molecule has 2 N–H and O–H groups in total. The second-order valence-corrected chi connectivity index (χ2v) is 3.25. The van der Waals surface area contributed by atoms with Gasteiger partial charge in [0.25, 0.3) is 5.91 Å². The van der Waals surface area contributed by atoms with Gasteiger partial charge in [0.05, 0.1) is 10.6 Å². The van der Waals surface area contributed by atoms with E-state index in [0.29, 0.717) is 6.08 Å². The van der Waals surface area contributed by atoms with Crippen LogP contribution in [-0.4, -0.2) is 24.5 Å². The number of alkyl halides is 3. The van der Waals surface area contributed by atoms with E-state index >= 15 is 0 Å². The van der Waals surface area contributed by atoms with Crippen LogP contribution in [0.15, 0.2) is 22.9 Å². The fraction of sp³-hybridized carbons (Fsp3) is 0.250. The number of rotatable bonds is 2. The van der Waals surface area contributed by atoms with Gasteiger partial charge in [-0.25, -0.2) is 0 Å². The Kier molecular flexibility index (Phi) is 3.58. The van der Waals surface area contributed by atoms with Crippen LogP contribution in [0.3, 0.4) is 0 Å². The first kappa shape index (κ1) is 12.6. The van der Waals surface area contributed by atoms with Crippen molar-refractivity contribution in [2.75, 3.05) is 0 Å². The number of halogens is 4. The summed E-state index contributed by atoms with van der Waals surface area (Å²) in [7, 11) is 0. The molecule has 2 amide bonds. The van der Waals surface area contributed by atoms with E-state index in [9.17, 15) is 22.8 Å². The van der Waals surface area contributed by atoms with Crippen molar-refractivity contribution in [3.63, 3.8) is 0 Å². The molecule has 0 aromatic carbocycles. The van der Waals surface area contributed by atoms with E-state index in [0.717, 1.165) is 6.20 Å². The number of imide groups is 1. The zero-order chi connectivity index (χ0) is 12.3. The molecule has 1 atom stereocenters. The Morgan fingerprint density at radius 2 is 2.19 bits per heavy atom. The summed E-state index contributed by atoms with van der Waals surface area (Å²) in [5.41, 5.74) is -1.11. The molecule has 0 saturated carbocycles. The van der Waals surface area contributed by atoms with Crippen molar-refractivity contribution in [3.05, 3.63) is 22.9 Å². The number of amides is 2. The highest BCUT2D eigenvalue weighted by Crippen LogP contribution is 2.34. The van der Waals surface area contributed by atoms with Crippen molar-refractivity contribution in [2.24, 2.45) is 0 Å². The second kappa shape index (κ2) is 4.56. The molecule has 1 rings (SSSR count). The minimum atomic E-state index is -4.64. The molecule has 0 bridgehead atoms. The maximum Gasteiger partial charge on any atom is 0.417 e. The van der Waals surface area contributed by atoms with Crippen LogP contribution in [0.25, 0.3) is 0 Å². The highest BCUT2D eigenvalue weighted by atomic mass is 35.5. The van der Waals surface area contributed by atoms with Gasteiger partial charge in [0, 0.05) is 6.20 Å². The number of nitrogens with one attached hydrogen (secondary N) is 2. The van der Waals surface area contributed by atoms with Gasteiger partial charge in [0.2, 0.25) is 6.41 Å². The Bertz CT molecular complexity index is 376. The normalized spacial score (nSPS) is 20.4. The molecule has 0 aliphatic carbocycles. The van der Waals surface area contributed by atoms with Gasteiger partial charge in [-0.15, -0.1) is 0 Å². The SMILES string of the molecule is O=CNC(=O)C1C=C(C(F)(F)F)C(Cl)=CN1. The average Bonchev–Trinajstić information content (AvgIpc) is 2.16. The van der Waals surface area contributed by atoms with Crippen LogP contribution >= 0.6 is 11.6 Å². The van der Waals surface area contributed by atoms with Gasteiger partial charge in [-0.1, -0.05) is 11.6 Å². The van der Waals surface area contributed by atoms with Gasteiger partial charge in [0.15, 0.2) is 0 Å². The lowest BCUT2D eigenvalue weighted by molar-refractivity contribution is -0.125. The largest absolute Gasteiger partial charge is 0.417 e. The first-order valence-electron chi connectivity index (χ1n) is 4.01. The average molecular weight is 255 g/mol. The molecular weight excluding hydrogens is 249 g/mol. The van der Waals surface area contributed by atoms with Crippen LogP contribution in [0.5, 0.6) is 0 Å². The molecule has 1 aliphatic rings. The lowest BCUT2D eigenvalue weighted by Gasteiger charge is -2.20. The summed E-state index contributed by atoms with van der Waals surface area (Å²) in [4.78, 5) is 21.0. The fourth-order valence-electron chi connectivity index (χ4n) is 1.06. The zero-order valence-corrected chi connectivity index (χ0v) is 8.39. The van der Waals surface area contributed by atoms with Crippen LogP contribution in [0.4, 0.5) is 13.2 Å². The van der Waals surface area contributed by atoms with E-state index in [1.807, 2.05) is 0 Å². The monoisotopic (exact) mass is 254 g/mol. The molecule has 16 heavy (non-hydrogen) atoms. The molecule has 0 aromatic heterocycles. The predicted molar refractivity (Wildman–Crippen MR) is 49.2 cm³/mol. The first-order chi connectivity index (χ1) is 7.36. The molecule has 0 radical (unpaired) electrons. The molecule has 0 aromatic rings.